The summed E-state index contributed by atoms with van der Waals surface area (Å²) in [6.45, 7) is 1.81. The van der Waals surface area contributed by atoms with Gasteiger partial charge in [0.25, 0.3) is 17.7 Å². The number of hydrogen-bond donors (Lipinski definition) is 2. The van der Waals surface area contributed by atoms with Crippen LogP contribution in [-0.2, 0) is 9.59 Å². The molecule has 3 amide bonds. The van der Waals surface area contributed by atoms with Gasteiger partial charge in [-0.3, -0.25) is 14.4 Å². The van der Waals surface area contributed by atoms with E-state index in [2.05, 4.69) is 10.6 Å². The number of aryl methyl sites for hydroxylation is 1. The van der Waals surface area contributed by atoms with E-state index in [-0.39, 0.29) is 16.6 Å². The number of benzene rings is 3. The lowest BCUT2D eigenvalue weighted by Crippen LogP contribution is -2.32. The lowest BCUT2D eigenvalue weighted by molar-refractivity contribution is -0.120. The van der Waals surface area contributed by atoms with Gasteiger partial charge in [-0.05, 0) is 55.0 Å². The Morgan fingerprint density at radius 1 is 0.875 bits per heavy atom. The van der Waals surface area contributed by atoms with Gasteiger partial charge in [-0.2, -0.15) is 0 Å². The van der Waals surface area contributed by atoms with Gasteiger partial charge < -0.3 is 10.6 Å². The third-order valence-corrected chi connectivity index (χ3v) is 5.47. The second-order valence-electron chi connectivity index (χ2n) is 7.09. The molecule has 1 aliphatic rings. The van der Waals surface area contributed by atoms with E-state index in [0.29, 0.717) is 27.6 Å². The van der Waals surface area contributed by atoms with Crippen LogP contribution in [0.2, 0.25) is 5.02 Å². The molecule has 6 nitrogen and oxygen atoms in total. The first-order valence-corrected chi connectivity index (χ1v) is 10.4. The summed E-state index contributed by atoms with van der Waals surface area (Å²) in [5.41, 5.74) is 2.53. The molecule has 4 rings (SSSR count). The van der Waals surface area contributed by atoms with Crippen molar-refractivity contribution in [1.82, 2.24) is 0 Å². The number of hydrogen-bond acceptors (Lipinski definition) is 4. The highest BCUT2D eigenvalue weighted by Gasteiger charge is 2.39. The highest BCUT2D eigenvalue weighted by Crippen LogP contribution is 2.32. The molecule has 2 N–H and O–H groups in total. The van der Waals surface area contributed by atoms with Crippen molar-refractivity contribution in [2.24, 2.45) is 0 Å². The number of carbonyl (C=O) groups is 3. The van der Waals surface area contributed by atoms with Gasteiger partial charge in [-0.25, -0.2) is 4.90 Å². The van der Waals surface area contributed by atoms with Crippen molar-refractivity contribution < 1.29 is 14.4 Å². The predicted molar refractivity (Wildman–Crippen MR) is 126 cm³/mol. The molecular formula is C24H17Cl2N3O3. The van der Waals surface area contributed by atoms with Gasteiger partial charge in [-0.15, -0.1) is 0 Å². The van der Waals surface area contributed by atoms with Gasteiger partial charge in [0.05, 0.1) is 5.69 Å². The van der Waals surface area contributed by atoms with Crippen LogP contribution in [0.4, 0.5) is 17.1 Å². The molecule has 0 radical (unpaired) electrons. The highest BCUT2D eigenvalue weighted by molar-refractivity contribution is 6.53. The number of anilines is 3. The molecule has 1 aliphatic heterocycles. The van der Waals surface area contributed by atoms with Crippen LogP contribution in [0.1, 0.15) is 15.9 Å². The van der Waals surface area contributed by atoms with E-state index >= 15 is 0 Å². The van der Waals surface area contributed by atoms with Gasteiger partial charge in [0.2, 0.25) is 0 Å². The quantitative estimate of drug-likeness (QED) is 0.498. The number of amides is 3. The second kappa shape index (κ2) is 8.86. The van der Waals surface area contributed by atoms with Gasteiger partial charge in [0.15, 0.2) is 0 Å². The molecular weight excluding hydrogens is 449 g/mol. The van der Waals surface area contributed by atoms with Crippen LogP contribution in [-0.4, -0.2) is 17.7 Å². The molecule has 0 atom stereocenters. The van der Waals surface area contributed by atoms with E-state index < -0.39 is 11.8 Å². The molecule has 0 aliphatic carbocycles. The van der Waals surface area contributed by atoms with Gasteiger partial charge in [0.1, 0.15) is 10.7 Å². The van der Waals surface area contributed by atoms with Crippen molar-refractivity contribution in [3.8, 4) is 0 Å². The summed E-state index contributed by atoms with van der Waals surface area (Å²) < 4.78 is 0. The molecule has 0 unspecified atom stereocenters. The van der Waals surface area contributed by atoms with Crippen molar-refractivity contribution in [2.75, 3.05) is 15.5 Å². The number of rotatable bonds is 5. The molecule has 3 aromatic rings. The third-order valence-electron chi connectivity index (χ3n) is 4.88. The minimum atomic E-state index is -0.655. The van der Waals surface area contributed by atoms with E-state index in [4.69, 9.17) is 23.2 Å². The maximum absolute atomic E-state index is 13.0. The SMILES string of the molecule is Cc1ccc(C(=O)Nc2ccccc2)cc1NC1=C(Cl)C(=O)N(c2cccc(Cl)c2)C1=O. The fourth-order valence-electron chi connectivity index (χ4n) is 3.22. The van der Waals surface area contributed by atoms with Crippen LogP contribution in [0.5, 0.6) is 0 Å². The Morgan fingerprint density at radius 3 is 2.34 bits per heavy atom. The van der Waals surface area contributed by atoms with E-state index in [1.165, 1.54) is 6.07 Å². The van der Waals surface area contributed by atoms with Crippen molar-refractivity contribution >= 4 is 58.0 Å². The molecule has 0 saturated heterocycles. The number of nitrogens with one attached hydrogen (secondary N) is 2. The molecule has 160 valence electrons. The Kier molecular flexibility index (Phi) is 5.99. The molecule has 3 aromatic carbocycles. The molecule has 0 aromatic heterocycles. The van der Waals surface area contributed by atoms with E-state index in [0.717, 1.165) is 10.5 Å². The lowest BCUT2D eigenvalue weighted by atomic mass is 10.1. The normalized spacial score (nSPS) is 13.5. The number of nitrogens with zero attached hydrogens (tertiary/aromatic N) is 1. The summed E-state index contributed by atoms with van der Waals surface area (Å²) in [5, 5.41) is 5.89. The standard InChI is InChI=1S/C24H17Cl2N3O3/c1-14-10-11-15(22(30)27-17-7-3-2-4-8-17)12-19(14)28-21-20(26)23(31)29(24(21)32)18-9-5-6-16(25)13-18/h2-13,28H,1H3,(H,27,30). The minimum Gasteiger partial charge on any atom is -0.349 e. The van der Waals surface area contributed by atoms with Crippen LogP contribution in [0.3, 0.4) is 0 Å². The summed E-state index contributed by atoms with van der Waals surface area (Å²) in [6, 6.07) is 20.4. The predicted octanol–water partition coefficient (Wildman–Crippen LogP) is 5.34. The maximum Gasteiger partial charge on any atom is 0.283 e. The van der Waals surface area contributed by atoms with Crippen LogP contribution >= 0.6 is 23.2 Å². The first-order valence-electron chi connectivity index (χ1n) is 9.63. The van der Waals surface area contributed by atoms with Crippen LogP contribution in [0, 0.1) is 6.92 Å². The summed E-state index contributed by atoms with van der Waals surface area (Å²) in [7, 11) is 0. The van der Waals surface area contributed by atoms with Gasteiger partial charge in [-0.1, -0.05) is 53.5 Å². The Bertz CT molecular complexity index is 1270. The van der Waals surface area contributed by atoms with Gasteiger partial charge >= 0.3 is 0 Å². The van der Waals surface area contributed by atoms with Crippen molar-refractivity contribution in [2.45, 2.75) is 6.92 Å². The molecule has 32 heavy (non-hydrogen) atoms. The lowest BCUT2D eigenvalue weighted by Gasteiger charge is -2.16. The average molecular weight is 466 g/mol. The molecule has 1 heterocycles. The Labute approximate surface area is 194 Å². The summed E-state index contributed by atoms with van der Waals surface area (Å²) in [6.07, 6.45) is 0. The monoisotopic (exact) mass is 465 g/mol. The van der Waals surface area contributed by atoms with E-state index in [9.17, 15) is 14.4 Å². The smallest absolute Gasteiger partial charge is 0.283 e. The highest BCUT2D eigenvalue weighted by atomic mass is 35.5. The molecule has 0 saturated carbocycles. The zero-order valence-corrected chi connectivity index (χ0v) is 18.4. The topological polar surface area (TPSA) is 78.5 Å². The number of carbonyl (C=O) groups excluding carboxylic acids is 3. The molecule has 0 fully saturated rings. The fraction of sp³-hybridized carbons (Fsp3) is 0.0417. The Morgan fingerprint density at radius 2 is 1.62 bits per heavy atom. The van der Waals surface area contributed by atoms with E-state index in [1.807, 2.05) is 25.1 Å². The van der Waals surface area contributed by atoms with Gasteiger partial charge in [0, 0.05) is 22.0 Å². The number of para-hydroxylation sites is 1. The van der Waals surface area contributed by atoms with Crippen LogP contribution in [0.15, 0.2) is 83.5 Å². The van der Waals surface area contributed by atoms with Crippen LogP contribution in [0.25, 0.3) is 0 Å². The summed E-state index contributed by atoms with van der Waals surface area (Å²) in [4.78, 5) is 39.3. The first kappa shape index (κ1) is 21.6. The zero-order valence-electron chi connectivity index (χ0n) is 16.9. The first-order chi connectivity index (χ1) is 15.3. The number of halogens is 2. The summed E-state index contributed by atoms with van der Waals surface area (Å²) >= 11 is 12.2. The van der Waals surface area contributed by atoms with Crippen LogP contribution < -0.4 is 15.5 Å². The summed E-state index contributed by atoms with van der Waals surface area (Å²) in [5.74, 6) is -1.58. The molecule has 0 spiro atoms. The van der Waals surface area contributed by atoms with Crippen molar-refractivity contribution in [1.29, 1.82) is 0 Å². The Balaban J connectivity index is 1.59. The van der Waals surface area contributed by atoms with Crippen molar-refractivity contribution in [3.05, 3.63) is 99.7 Å². The number of imide groups is 1. The Hall–Kier alpha value is -3.61. The van der Waals surface area contributed by atoms with E-state index in [1.54, 1.807) is 48.5 Å². The van der Waals surface area contributed by atoms with Crippen molar-refractivity contribution in [3.63, 3.8) is 0 Å². The zero-order chi connectivity index (χ0) is 22.8. The fourth-order valence-corrected chi connectivity index (χ4v) is 3.62. The molecule has 0 bridgehead atoms. The third kappa shape index (κ3) is 4.23. The average Bonchev–Trinajstić information content (AvgIpc) is 2.99. The minimum absolute atomic E-state index is 0.0691. The molecule has 8 heteroatoms. The largest absolute Gasteiger partial charge is 0.349 e. The second-order valence-corrected chi connectivity index (χ2v) is 7.90. The maximum atomic E-state index is 13.0.